The molecule has 0 radical (unpaired) electrons. The highest BCUT2D eigenvalue weighted by Crippen LogP contribution is 2.33. The number of imide groups is 1. The van der Waals surface area contributed by atoms with E-state index in [1.165, 1.54) is 0 Å². The molecule has 7 nitrogen and oxygen atoms in total. The maximum absolute atomic E-state index is 12.7. The third-order valence-corrected chi connectivity index (χ3v) is 5.76. The lowest BCUT2D eigenvalue weighted by atomic mass is 10.2. The predicted molar refractivity (Wildman–Crippen MR) is 104 cm³/mol. The monoisotopic (exact) mass is 391 g/mol. The van der Waals surface area contributed by atoms with Crippen LogP contribution in [0.4, 0.5) is 4.79 Å². The van der Waals surface area contributed by atoms with Crippen LogP contribution in [0.15, 0.2) is 11.0 Å². The van der Waals surface area contributed by atoms with Crippen molar-refractivity contribution in [3.05, 3.63) is 27.9 Å². The number of aryl methyl sites for hydroxylation is 1. The second-order valence-corrected chi connectivity index (χ2v) is 8.04. The summed E-state index contributed by atoms with van der Waals surface area (Å²) < 4.78 is 7.42. The Balaban J connectivity index is 1.77. The fourth-order valence-corrected chi connectivity index (χ4v) is 4.40. The topological polar surface area (TPSA) is 71.9 Å². The molecule has 146 valence electrons. The van der Waals surface area contributed by atoms with Crippen LogP contribution in [0, 0.1) is 13.8 Å². The zero-order valence-electron chi connectivity index (χ0n) is 16.2. The first-order valence-corrected chi connectivity index (χ1v) is 9.90. The zero-order chi connectivity index (χ0) is 19.7. The summed E-state index contributed by atoms with van der Waals surface area (Å²) in [5.41, 5.74) is 3.08. The lowest BCUT2D eigenvalue weighted by Crippen LogP contribution is -2.46. The number of rotatable bonds is 4. The molecule has 0 aromatic carbocycles. The maximum atomic E-state index is 12.7. The van der Waals surface area contributed by atoms with Gasteiger partial charge in [-0.05, 0) is 57.2 Å². The molecule has 2 aliphatic rings. The van der Waals surface area contributed by atoms with E-state index in [1.807, 2.05) is 19.9 Å². The largest absolute Gasteiger partial charge is 0.378 e. The van der Waals surface area contributed by atoms with Crippen LogP contribution < -0.4 is 0 Å². The summed E-state index contributed by atoms with van der Waals surface area (Å²) in [6, 6.07) is 2.33. The summed E-state index contributed by atoms with van der Waals surface area (Å²) in [5, 5.41) is -0.398. The number of hydrogen-bond donors (Lipinski definition) is 0. The molecule has 27 heavy (non-hydrogen) atoms. The molecule has 0 unspecified atom stereocenters. The first kappa shape index (κ1) is 19.7. The van der Waals surface area contributed by atoms with Gasteiger partial charge in [0.15, 0.2) is 0 Å². The summed E-state index contributed by atoms with van der Waals surface area (Å²) in [7, 11) is 0. The van der Waals surface area contributed by atoms with Crippen molar-refractivity contribution >= 4 is 34.9 Å². The summed E-state index contributed by atoms with van der Waals surface area (Å²) in [6.45, 7) is 9.98. The molecule has 3 amide bonds. The normalized spacial score (nSPS) is 19.7. The molecule has 0 spiro atoms. The van der Waals surface area contributed by atoms with Gasteiger partial charge in [-0.3, -0.25) is 19.3 Å². The van der Waals surface area contributed by atoms with E-state index in [9.17, 15) is 14.4 Å². The van der Waals surface area contributed by atoms with Crippen molar-refractivity contribution in [2.45, 2.75) is 33.7 Å². The Hall–Kier alpha value is -2.06. The second kappa shape index (κ2) is 7.90. The molecule has 2 fully saturated rings. The Morgan fingerprint density at radius 1 is 1.26 bits per heavy atom. The van der Waals surface area contributed by atoms with Gasteiger partial charge >= 0.3 is 0 Å². The molecular weight excluding hydrogens is 366 g/mol. The number of hydrogen-bond acceptors (Lipinski definition) is 5. The van der Waals surface area contributed by atoms with Crippen LogP contribution in [-0.2, 0) is 14.3 Å². The minimum absolute atomic E-state index is 0.215. The van der Waals surface area contributed by atoms with Crippen molar-refractivity contribution in [3.63, 3.8) is 0 Å². The summed E-state index contributed by atoms with van der Waals surface area (Å²) >= 11 is 0.891. The molecule has 2 saturated heterocycles. The lowest BCUT2D eigenvalue weighted by molar-refractivity contribution is -0.139. The minimum Gasteiger partial charge on any atom is -0.378 e. The maximum Gasteiger partial charge on any atom is 0.294 e. The third kappa shape index (κ3) is 3.96. The van der Waals surface area contributed by atoms with Crippen molar-refractivity contribution in [2.24, 2.45) is 0 Å². The molecule has 3 heterocycles. The zero-order valence-corrected chi connectivity index (χ0v) is 17.0. The molecule has 1 aromatic heterocycles. The van der Waals surface area contributed by atoms with Crippen LogP contribution in [0.2, 0.25) is 0 Å². The Kier molecular flexibility index (Phi) is 5.76. The second-order valence-electron chi connectivity index (χ2n) is 7.05. The molecule has 0 saturated carbocycles. The van der Waals surface area contributed by atoms with Crippen molar-refractivity contribution in [3.8, 4) is 0 Å². The highest BCUT2D eigenvalue weighted by atomic mass is 32.2. The molecule has 2 aliphatic heterocycles. The van der Waals surface area contributed by atoms with E-state index in [2.05, 4.69) is 18.4 Å². The average molecular weight is 391 g/mol. The number of aromatic nitrogens is 1. The molecule has 0 atom stereocenters. The molecule has 3 rings (SSSR count). The van der Waals surface area contributed by atoms with E-state index in [0.717, 1.165) is 33.6 Å². The summed E-state index contributed by atoms with van der Waals surface area (Å²) in [5.74, 6) is -0.624. The predicted octanol–water partition coefficient (Wildman–Crippen LogP) is 2.58. The highest BCUT2D eigenvalue weighted by Gasteiger charge is 2.37. The smallest absolute Gasteiger partial charge is 0.294 e. The van der Waals surface area contributed by atoms with Crippen LogP contribution in [0.3, 0.4) is 0 Å². The molecular formula is C19H25N3O4S. The van der Waals surface area contributed by atoms with E-state index < -0.39 is 11.1 Å². The van der Waals surface area contributed by atoms with Gasteiger partial charge in [-0.2, -0.15) is 0 Å². The van der Waals surface area contributed by atoms with Crippen LogP contribution in [-0.4, -0.2) is 64.3 Å². The SMILES string of the molecule is Cc1cc(/C=C2/SC(=O)N(CC(=O)N3CCOCC3)C2=O)c(C)n1C(C)C. The lowest BCUT2D eigenvalue weighted by Gasteiger charge is -2.28. The Bertz CT molecular complexity index is 806. The first-order chi connectivity index (χ1) is 12.8. The van der Waals surface area contributed by atoms with Crippen LogP contribution >= 0.6 is 11.8 Å². The van der Waals surface area contributed by atoms with Crippen LogP contribution in [0.1, 0.15) is 36.8 Å². The standard InChI is InChI=1S/C19H25N3O4S/c1-12(2)22-13(3)9-15(14(22)4)10-16-18(24)21(19(25)27-16)11-17(23)20-5-7-26-8-6-20/h9-10,12H,5-8,11H2,1-4H3/b16-10+. The fraction of sp³-hybridized carbons (Fsp3) is 0.526. The molecule has 0 bridgehead atoms. The number of thioether (sulfide) groups is 1. The Morgan fingerprint density at radius 2 is 1.93 bits per heavy atom. The van der Waals surface area contributed by atoms with Gasteiger partial charge in [0.25, 0.3) is 11.1 Å². The molecule has 0 aliphatic carbocycles. The molecule has 8 heteroatoms. The van der Waals surface area contributed by atoms with Crippen molar-refractivity contribution < 1.29 is 19.1 Å². The van der Waals surface area contributed by atoms with Crippen molar-refractivity contribution in [2.75, 3.05) is 32.8 Å². The van der Waals surface area contributed by atoms with Gasteiger partial charge in [0.1, 0.15) is 6.54 Å². The van der Waals surface area contributed by atoms with E-state index >= 15 is 0 Å². The number of amides is 3. The number of morpholine rings is 1. The number of nitrogens with zero attached hydrogens (tertiary/aromatic N) is 3. The van der Waals surface area contributed by atoms with E-state index in [-0.39, 0.29) is 12.5 Å². The van der Waals surface area contributed by atoms with Crippen molar-refractivity contribution in [1.82, 2.24) is 14.4 Å². The van der Waals surface area contributed by atoms with E-state index in [0.29, 0.717) is 37.3 Å². The number of ether oxygens (including phenoxy) is 1. The number of carbonyl (C=O) groups excluding carboxylic acids is 3. The average Bonchev–Trinajstić information content (AvgIpc) is 3.05. The fourth-order valence-electron chi connectivity index (χ4n) is 3.57. The number of carbonyl (C=O) groups is 3. The minimum atomic E-state index is -0.402. The molecule has 0 N–H and O–H groups in total. The first-order valence-electron chi connectivity index (χ1n) is 9.09. The molecule has 1 aromatic rings. The Labute approximate surface area is 163 Å². The van der Waals surface area contributed by atoms with Gasteiger partial charge < -0.3 is 14.2 Å². The Morgan fingerprint density at radius 3 is 2.52 bits per heavy atom. The van der Waals surface area contributed by atoms with Gasteiger partial charge in [0.05, 0.1) is 18.1 Å². The van der Waals surface area contributed by atoms with Crippen molar-refractivity contribution in [1.29, 1.82) is 0 Å². The van der Waals surface area contributed by atoms with Gasteiger partial charge in [-0.1, -0.05) is 0 Å². The highest BCUT2D eigenvalue weighted by molar-refractivity contribution is 8.18. The van der Waals surface area contributed by atoms with Gasteiger partial charge in [0.2, 0.25) is 5.91 Å². The van der Waals surface area contributed by atoms with Gasteiger partial charge in [-0.15, -0.1) is 0 Å². The van der Waals surface area contributed by atoms with E-state index in [1.54, 1.807) is 11.0 Å². The van der Waals surface area contributed by atoms with Gasteiger partial charge in [0, 0.05) is 30.5 Å². The van der Waals surface area contributed by atoms with Gasteiger partial charge in [-0.25, -0.2) is 0 Å². The van der Waals surface area contributed by atoms with E-state index in [4.69, 9.17) is 4.74 Å². The quantitative estimate of drug-likeness (QED) is 0.738. The van der Waals surface area contributed by atoms with Crippen LogP contribution in [0.25, 0.3) is 6.08 Å². The summed E-state index contributed by atoms with van der Waals surface area (Å²) in [4.78, 5) is 40.4. The van der Waals surface area contributed by atoms with Crippen LogP contribution in [0.5, 0.6) is 0 Å². The third-order valence-electron chi connectivity index (χ3n) is 4.86. The summed E-state index contributed by atoms with van der Waals surface area (Å²) in [6.07, 6.45) is 1.76.